The standard InChI is InChI=1S/C21H24N4O5/c1-14-11-19(23-29-14)20-18(15(2)22-30-20)13-28-21(26)25-9-7-24(8-10-25)16-5-4-6-17(12-16)27-3/h4-6,11-12H,7-10,13H2,1-3H3. The lowest BCUT2D eigenvalue weighted by atomic mass is 10.1. The fraction of sp³-hybridized carbons (Fsp3) is 0.381. The minimum absolute atomic E-state index is 0.0610. The van der Waals surface area contributed by atoms with Gasteiger partial charge in [-0.25, -0.2) is 4.79 Å². The summed E-state index contributed by atoms with van der Waals surface area (Å²) in [6, 6.07) is 9.67. The molecule has 1 aliphatic rings. The molecule has 1 aliphatic heterocycles. The van der Waals surface area contributed by atoms with Gasteiger partial charge in [-0.1, -0.05) is 16.4 Å². The molecule has 0 atom stereocenters. The van der Waals surface area contributed by atoms with Crippen LogP contribution in [0.15, 0.2) is 39.4 Å². The highest BCUT2D eigenvalue weighted by atomic mass is 16.6. The van der Waals surface area contributed by atoms with E-state index in [-0.39, 0.29) is 12.7 Å². The number of carbonyl (C=O) groups excluding carboxylic acids is 1. The molecular formula is C21H24N4O5. The second-order valence-electron chi connectivity index (χ2n) is 7.13. The number of rotatable bonds is 5. The second kappa shape index (κ2) is 8.48. The van der Waals surface area contributed by atoms with Crippen molar-refractivity contribution in [2.45, 2.75) is 20.5 Å². The summed E-state index contributed by atoms with van der Waals surface area (Å²) >= 11 is 0. The summed E-state index contributed by atoms with van der Waals surface area (Å²) in [5, 5.41) is 7.92. The SMILES string of the molecule is COc1cccc(N2CCN(C(=O)OCc3c(C)noc3-c3cc(C)on3)CC2)c1. The molecule has 3 aromatic rings. The average Bonchev–Trinajstić information content (AvgIpc) is 3.37. The molecule has 158 valence electrons. The van der Waals surface area contributed by atoms with Crippen LogP contribution in [-0.2, 0) is 11.3 Å². The van der Waals surface area contributed by atoms with Gasteiger partial charge < -0.3 is 28.3 Å². The number of ether oxygens (including phenoxy) is 2. The lowest BCUT2D eigenvalue weighted by molar-refractivity contribution is 0.0941. The second-order valence-corrected chi connectivity index (χ2v) is 7.13. The third-order valence-electron chi connectivity index (χ3n) is 5.14. The van der Waals surface area contributed by atoms with Crippen LogP contribution in [0.3, 0.4) is 0 Å². The molecular weight excluding hydrogens is 388 g/mol. The fourth-order valence-corrected chi connectivity index (χ4v) is 3.41. The van der Waals surface area contributed by atoms with E-state index in [0.717, 1.165) is 24.5 Å². The molecule has 0 saturated carbocycles. The Kier molecular flexibility index (Phi) is 5.60. The van der Waals surface area contributed by atoms with E-state index in [1.54, 1.807) is 31.9 Å². The smallest absolute Gasteiger partial charge is 0.410 e. The van der Waals surface area contributed by atoms with E-state index in [2.05, 4.69) is 15.2 Å². The number of amides is 1. The number of piperazine rings is 1. The Morgan fingerprint density at radius 1 is 1.10 bits per heavy atom. The largest absolute Gasteiger partial charge is 0.497 e. The zero-order valence-corrected chi connectivity index (χ0v) is 17.3. The number of nitrogens with zero attached hydrogens (tertiary/aromatic N) is 4. The number of hydrogen-bond acceptors (Lipinski definition) is 8. The van der Waals surface area contributed by atoms with Crippen LogP contribution in [0.5, 0.6) is 5.75 Å². The Morgan fingerprint density at radius 3 is 2.60 bits per heavy atom. The summed E-state index contributed by atoms with van der Waals surface area (Å²) in [5.74, 6) is 1.94. The Bertz CT molecular complexity index is 1020. The molecule has 0 spiro atoms. The van der Waals surface area contributed by atoms with Crippen molar-refractivity contribution in [3.8, 4) is 17.2 Å². The molecule has 1 amide bonds. The van der Waals surface area contributed by atoms with Crippen LogP contribution in [-0.4, -0.2) is 54.6 Å². The Morgan fingerprint density at radius 2 is 1.90 bits per heavy atom. The van der Waals surface area contributed by atoms with Crippen molar-refractivity contribution < 1.29 is 23.3 Å². The lowest BCUT2D eigenvalue weighted by Crippen LogP contribution is -2.48. The minimum Gasteiger partial charge on any atom is -0.497 e. The van der Waals surface area contributed by atoms with Gasteiger partial charge in [0.1, 0.15) is 18.1 Å². The Balaban J connectivity index is 1.34. The van der Waals surface area contributed by atoms with E-state index < -0.39 is 0 Å². The molecule has 0 radical (unpaired) electrons. The van der Waals surface area contributed by atoms with Gasteiger partial charge in [-0.15, -0.1) is 0 Å². The summed E-state index contributed by atoms with van der Waals surface area (Å²) in [4.78, 5) is 16.5. The number of carbonyl (C=O) groups is 1. The van der Waals surface area contributed by atoms with Crippen LogP contribution in [0, 0.1) is 13.8 Å². The molecule has 2 aromatic heterocycles. The van der Waals surface area contributed by atoms with Crippen LogP contribution < -0.4 is 9.64 Å². The van der Waals surface area contributed by atoms with E-state index in [0.29, 0.717) is 41.6 Å². The summed E-state index contributed by atoms with van der Waals surface area (Å²) in [6.45, 7) is 6.25. The lowest BCUT2D eigenvalue weighted by Gasteiger charge is -2.35. The number of aryl methyl sites for hydroxylation is 2. The first kappa shape index (κ1) is 19.8. The summed E-state index contributed by atoms with van der Waals surface area (Å²) in [7, 11) is 1.65. The van der Waals surface area contributed by atoms with Gasteiger partial charge in [0.2, 0.25) is 0 Å². The van der Waals surface area contributed by atoms with E-state index in [1.807, 2.05) is 24.3 Å². The average molecular weight is 412 g/mol. The zero-order chi connectivity index (χ0) is 21.1. The first-order chi connectivity index (χ1) is 14.5. The van der Waals surface area contributed by atoms with Gasteiger partial charge in [-0.2, -0.15) is 0 Å². The van der Waals surface area contributed by atoms with E-state index in [9.17, 15) is 4.79 Å². The maximum Gasteiger partial charge on any atom is 0.410 e. The first-order valence-corrected chi connectivity index (χ1v) is 9.74. The van der Waals surface area contributed by atoms with Crippen molar-refractivity contribution in [1.82, 2.24) is 15.2 Å². The molecule has 1 fully saturated rings. The summed E-state index contributed by atoms with van der Waals surface area (Å²) in [6.07, 6.45) is -0.358. The number of benzene rings is 1. The molecule has 3 heterocycles. The highest BCUT2D eigenvalue weighted by molar-refractivity contribution is 5.69. The molecule has 0 unspecified atom stereocenters. The predicted molar refractivity (Wildman–Crippen MR) is 108 cm³/mol. The normalized spacial score (nSPS) is 14.1. The van der Waals surface area contributed by atoms with Crippen molar-refractivity contribution in [1.29, 1.82) is 0 Å². The number of hydrogen-bond donors (Lipinski definition) is 0. The topological polar surface area (TPSA) is 94.1 Å². The molecule has 0 aliphatic carbocycles. The molecule has 9 nitrogen and oxygen atoms in total. The van der Waals surface area contributed by atoms with Crippen LogP contribution in [0.4, 0.5) is 10.5 Å². The minimum atomic E-state index is -0.358. The third kappa shape index (κ3) is 4.10. The van der Waals surface area contributed by atoms with Crippen molar-refractivity contribution in [3.05, 3.63) is 47.3 Å². The van der Waals surface area contributed by atoms with Crippen molar-refractivity contribution in [2.24, 2.45) is 0 Å². The van der Waals surface area contributed by atoms with Crippen LogP contribution in [0.2, 0.25) is 0 Å². The maximum atomic E-state index is 12.6. The highest BCUT2D eigenvalue weighted by Gasteiger charge is 2.25. The molecule has 9 heteroatoms. The Hall–Kier alpha value is -3.49. The van der Waals surface area contributed by atoms with Gasteiger partial charge in [0.05, 0.1) is 18.4 Å². The van der Waals surface area contributed by atoms with Crippen LogP contribution >= 0.6 is 0 Å². The zero-order valence-electron chi connectivity index (χ0n) is 17.3. The molecule has 1 saturated heterocycles. The van der Waals surface area contributed by atoms with Gasteiger partial charge in [-0.05, 0) is 26.0 Å². The van der Waals surface area contributed by atoms with E-state index in [1.165, 1.54) is 0 Å². The summed E-state index contributed by atoms with van der Waals surface area (Å²) < 4.78 is 21.3. The summed E-state index contributed by atoms with van der Waals surface area (Å²) in [5.41, 5.74) is 2.95. The number of methoxy groups -OCH3 is 1. The molecule has 0 N–H and O–H groups in total. The van der Waals surface area contributed by atoms with Gasteiger partial charge in [0.25, 0.3) is 0 Å². The number of aromatic nitrogens is 2. The van der Waals surface area contributed by atoms with Gasteiger partial charge in [0.15, 0.2) is 11.5 Å². The first-order valence-electron chi connectivity index (χ1n) is 9.74. The predicted octanol–water partition coefficient (Wildman–Crippen LogP) is 3.41. The number of anilines is 1. The van der Waals surface area contributed by atoms with Crippen molar-refractivity contribution in [2.75, 3.05) is 38.2 Å². The van der Waals surface area contributed by atoms with E-state index in [4.69, 9.17) is 18.5 Å². The van der Waals surface area contributed by atoms with Gasteiger partial charge >= 0.3 is 6.09 Å². The Labute approximate surface area is 174 Å². The maximum absolute atomic E-state index is 12.6. The fourth-order valence-electron chi connectivity index (χ4n) is 3.41. The molecule has 30 heavy (non-hydrogen) atoms. The highest BCUT2D eigenvalue weighted by Crippen LogP contribution is 2.27. The molecule has 1 aromatic carbocycles. The van der Waals surface area contributed by atoms with Crippen LogP contribution in [0.25, 0.3) is 11.5 Å². The molecule has 4 rings (SSSR count). The van der Waals surface area contributed by atoms with Crippen molar-refractivity contribution in [3.63, 3.8) is 0 Å². The van der Waals surface area contributed by atoms with Crippen molar-refractivity contribution >= 4 is 11.8 Å². The van der Waals surface area contributed by atoms with Gasteiger partial charge in [0, 0.05) is 44.0 Å². The quantitative estimate of drug-likeness (QED) is 0.629. The monoisotopic (exact) mass is 412 g/mol. The van der Waals surface area contributed by atoms with Gasteiger partial charge in [-0.3, -0.25) is 0 Å². The molecule has 0 bridgehead atoms. The third-order valence-corrected chi connectivity index (χ3v) is 5.14. The van der Waals surface area contributed by atoms with Crippen LogP contribution in [0.1, 0.15) is 17.0 Å². The van der Waals surface area contributed by atoms with E-state index >= 15 is 0 Å².